The molecule has 1 saturated carbocycles. The van der Waals surface area contributed by atoms with E-state index < -0.39 is 15.9 Å². The van der Waals surface area contributed by atoms with Gasteiger partial charge in [-0.05, 0) is 24.3 Å². The van der Waals surface area contributed by atoms with Crippen LogP contribution in [0.3, 0.4) is 0 Å². The molecule has 1 aliphatic rings. The molecule has 22 heavy (non-hydrogen) atoms. The summed E-state index contributed by atoms with van der Waals surface area (Å²) in [5.41, 5.74) is 0.925. The standard InChI is InChI=1S/C16H23NO4S/c1-22(19,20)12-14-9-5-6-10-15(14)17-16(18)21-11-13-7-3-2-4-8-13/h2-4,7-8,14-15H,5-6,9-12H2,1H3,(H,17,18)/t14-,15-/m0/s1. The van der Waals surface area contributed by atoms with Crippen LogP contribution in [0.5, 0.6) is 0 Å². The van der Waals surface area contributed by atoms with Gasteiger partial charge in [0.05, 0.1) is 5.75 Å². The summed E-state index contributed by atoms with van der Waals surface area (Å²) >= 11 is 0. The molecule has 6 heteroatoms. The summed E-state index contributed by atoms with van der Waals surface area (Å²) in [7, 11) is -3.04. The van der Waals surface area contributed by atoms with Crippen LogP contribution in [-0.4, -0.2) is 32.6 Å². The van der Waals surface area contributed by atoms with Crippen LogP contribution in [0.1, 0.15) is 31.2 Å². The van der Waals surface area contributed by atoms with Crippen molar-refractivity contribution in [3.05, 3.63) is 35.9 Å². The van der Waals surface area contributed by atoms with Gasteiger partial charge in [-0.25, -0.2) is 13.2 Å². The molecule has 2 atom stereocenters. The number of rotatable bonds is 5. The molecule has 1 aromatic rings. The molecule has 0 spiro atoms. The first-order chi connectivity index (χ1) is 10.4. The predicted molar refractivity (Wildman–Crippen MR) is 85.2 cm³/mol. The van der Waals surface area contributed by atoms with Crippen molar-refractivity contribution in [2.45, 2.75) is 38.3 Å². The number of sulfone groups is 1. The molecule has 1 aromatic carbocycles. The quantitative estimate of drug-likeness (QED) is 0.903. The first-order valence-electron chi connectivity index (χ1n) is 7.59. The van der Waals surface area contributed by atoms with E-state index in [1.165, 1.54) is 6.26 Å². The molecule has 1 N–H and O–H groups in total. The van der Waals surface area contributed by atoms with Crippen LogP contribution >= 0.6 is 0 Å². The van der Waals surface area contributed by atoms with Crippen molar-refractivity contribution in [3.63, 3.8) is 0 Å². The van der Waals surface area contributed by atoms with Crippen molar-refractivity contribution in [3.8, 4) is 0 Å². The highest BCUT2D eigenvalue weighted by Crippen LogP contribution is 2.25. The molecule has 2 rings (SSSR count). The fourth-order valence-corrected chi connectivity index (χ4v) is 4.08. The smallest absolute Gasteiger partial charge is 0.407 e. The molecule has 0 aliphatic heterocycles. The van der Waals surface area contributed by atoms with Gasteiger partial charge < -0.3 is 10.1 Å². The number of carbonyl (C=O) groups excluding carboxylic acids is 1. The van der Waals surface area contributed by atoms with Crippen molar-refractivity contribution in [1.82, 2.24) is 5.32 Å². The highest BCUT2D eigenvalue weighted by Gasteiger charge is 2.29. The lowest BCUT2D eigenvalue weighted by molar-refractivity contribution is 0.128. The monoisotopic (exact) mass is 325 g/mol. The fourth-order valence-electron chi connectivity index (χ4n) is 2.90. The van der Waals surface area contributed by atoms with Crippen molar-refractivity contribution in [2.24, 2.45) is 5.92 Å². The van der Waals surface area contributed by atoms with Crippen LogP contribution in [0.25, 0.3) is 0 Å². The number of hydrogen-bond acceptors (Lipinski definition) is 4. The number of amides is 1. The molecular weight excluding hydrogens is 302 g/mol. The fraction of sp³-hybridized carbons (Fsp3) is 0.562. The second kappa shape index (κ2) is 7.63. The Morgan fingerprint density at radius 1 is 1.23 bits per heavy atom. The lowest BCUT2D eigenvalue weighted by Crippen LogP contribution is -2.44. The van der Waals surface area contributed by atoms with Gasteiger partial charge in [0.1, 0.15) is 16.4 Å². The minimum Gasteiger partial charge on any atom is -0.445 e. The van der Waals surface area contributed by atoms with E-state index in [1.54, 1.807) is 0 Å². The van der Waals surface area contributed by atoms with Gasteiger partial charge in [-0.1, -0.05) is 43.2 Å². The Bertz CT molecular complexity index is 585. The van der Waals surface area contributed by atoms with Crippen LogP contribution < -0.4 is 5.32 Å². The molecular formula is C16H23NO4S. The summed E-state index contributed by atoms with van der Waals surface area (Å²) < 4.78 is 28.2. The highest BCUT2D eigenvalue weighted by molar-refractivity contribution is 7.90. The van der Waals surface area contributed by atoms with Gasteiger partial charge in [-0.15, -0.1) is 0 Å². The lowest BCUT2D eigenvalue weighted by Gasteiger charge is -2.31. The number of carbonyl (C=O) groups is 1. The summed E-state index contributed by atoms with van der Waals surface area (Å²) in [5, 5.41) is 2.84. The highest BCUT2D eigenvalue weighted by atomic mass is 32.2. The largest absolute Gasteiger partial charge is 0.445 e. The number of ether oxygens (including phenoxy) is 1. The average Bonchev–Trinajstić information content (AvgIpc) is 2.47. The van der Waals surface area contributed by atoms with Gasteiger partial charge >= 0.3 is 6.09 Å². The third kappa shape index (κ3) is 5.67. The number of nitrogens with one attached hydrogen (secondary N) is 1. The number of hydrogen-bond donors (Lipinski definition) is 1. The van der Waals surface area contributed by atoms with E-state index >= 15 is 0 Å². The lowest BCUT2D eigenvalue weighted by atomic mass is 9.86. The Balaban J connectivity index is 1.85. The maximum Gasteiger partial charge on any atom is 0.407 e. The summed E-state index contributed by atoms with van der Waals surface area (Å²) in [5.74, 6) is 0.101. The Hall–Kier alpha value is -1.56. The maximum atomic E-state index is 11.9. The average molecular weight is 325 g/mol. The van der Waals surface area contributed by atoms with Gasteiger partial charge in [0.25, 0.3) is 0 Å². The van der Waals surface area contributed by atoms with E-state index in [0.717, 1.165) is 31.2 Å². The minimum atomic E-state index is -3.04. The maximum absolute atomic E-state index is 11.9. The van der Waals surface area contributed by atoms with Crippen molar-refractivity contribution >= 4 is 15.9 Å². The minimum absolute atomic E-state index is 0.0203. The van der Waals surface area contributed by atoms with Gasteiger partial charge in [-0.2, -0.15) is 0 Å². The molecule has 1 amide bonds. The van der Waals surface area contributed by atoms with Crippen LogP contribution in [0.15, 0.2) is 30.3 Å². The third-order valence-electron chi connectivity index (χ3n) is 3.94. The van der Waals surface area contributed by atoms with Gasteiger partial charge in [0.2, 0.25) is 0 Å². The zero-order valence-electron chi connectivity index (χ0n) is 12.8. The Morgan fingerprint density at radius 2 is 1.91 bits per heavy atom. The molecule has 0 heterocycles. The van der Waals surface area contributed by atoms with Gasteiger partial charge in [0, 0.05) is 12.3 Å². The summed E-state index contributed by atoms with van der Waals surface area (Å²) in [6.45, 7) is 0.218. The van der Waals surface area contributed by atoms with Crippen LogP contribution in [0.2, 0.25) is 0 Å². The third-order valence-corrected chi connectivity index (χ3v) is 4.98. The van der Waals surface area contributed by atoms with E-state index in [-0.39, 0.29) is 24.3 Å². The van der Waals surface area contributed by atoms with Crippen molar-refractivity contribution in [1.29, 1.82) is 0 Å². The Morgan fingerprint density at radius 3 is 2.59 bits per heavy atom. The second-order valence-corrected chi connectivity index (χ2v) is 8.13. The molecule has 0 radical (unpaired) electrons. The van der Waals surface area contributed by atoms with Crippen molar-refractivity contribution < 1.29 is 17.9 Å². The van der Waals surface area contributed by atoms with Crippen molar-refractivity contribution in [2.75, 3.05) is 12.0 Å². The summed E-state index contributed by atoms with van der Waals surface area (Å²) in [6, 6.07) is 9.34. The molecule has 0 bridgehead atoms. The molecule has 0 aromatic heterocycles. The van der Waals surface area contributed by atoms with Crippen LogP contribution in [-0.2, 0) is 21.2 Å². The molecule has 0 unspecified atom stereocenters. The van der Waals surface area contributed by atoms with E-state index in [2.05, 4.69) is 5.32 Å². The molecule has 1 aliphatic carbocycles. The van der Waals surface area contributed by atoms with Gasteiger partial charge in [0.15, 0.2) is 0 Å². The molecule has 0 saturated heterocycles. The SMILES string of the molecule is CS(=O)(=O)C[C@@H]1CCCC[C@@H]1NC(=O)OCc1ccccc1. The van der Waals surface area contributed by atoms with Crippen LogP contribution in [0.4, 0.5) is 4.79 Å². The molecule has 122 valence electrons. The summed E-state index contributed by atoms with van der Waals surface area (Å²) in [6.07, 6.45) is 4.42. The Labute approximate surface area is 132 Å². The normalized spacial score (nSPS) is 22.0. The summed E-state index contributed by atoms with van der Waals surface area (Å²) in [4.78, 5) is 11.9. The van der Waals surface area contributed by atoms with E-state index in [1.807, 2.05) is 30.3 Å². The second-order valence-electron chi connectivity index (χ2n) is 5.95. The van der Waals surface area contributed by atoms with Gasteiger partial charge in [-0.3, -0.25) is 0 Å². The van der Waals surface area contributed by atoms with E-state index in [0.29, 0.717) is 0 Å². The topological polar surface area (TPSA) is 72.5 Å². The molecule has 1 fully saturated rings. The first-order valence-corrected chi connectivity index (χ1v) is 9.65. The zero-order chi connectivity index (χ0) is 16.0. The van der Waals surface area contributed by atoms with E-state index in [4.69, 9.17) is 4.74 Å². The number of benzene rings is 1. The first kappa shape index (κ1) is 16.8. The Kier molecular flexibility index (Phi) is 5.83. The van der Waals surface area contributed by atoms with E-state index in [9.17, 15) is 13.2 Å². The zero-order valence-corrected chi connectivity index (χ0v) is 13.6. The predicted octanol–water partition coefficient (Wildman–Crippen LogP) is 2.52. The molecule has 5 nitrogen and oxygen atoms in total. The van der Waals surface area contributed by atoms with Crippen LogP contribution in [0, 0.1) is 5.92 Å². The number of alkyl carbamates (subject to hydrolysis) is 1.